The summed E-state index contributed by atoms with van der Waals surface area (Å²) in [7, 11) is 0. The SMILES string of the molecule is CCc1nc2ccccc2n1Cc1ncccn1. The largest absolute Gasteiger partial charge is 0.320 e. The van der Waals surface area contributed by atoms with E-state index in [1.165, 1.54) is 0 Å². The van der Waals surface area contributed by atoms with Gasteiger partial charge >= 0.3 is 0 Å². The van der Waals surface area contributed by atoms with Crippen LogP contribution in [-0.4, -0.2) is 19.5 Å². The van der Waals surface area contributed by atoms with Gasteiger partial charge < -0.3 is 4.57 Å². The lowest BCUT2D eigenvalue weighted by Gasteiger charge is -2.06. The molecular formula is C14H14N4. The van der Waals surface area contributed by atoms with Crippen molar-refractivity contribution in [2.24, 2.45) is 0 Å². The Bertz CT molecular complexity index is 658. The Morgan fingerprint density at radius 3 is 2.61 bits per heavy atom. The lowest BCUT2D eigenvalue weighted by Crippen LogP contribution is -2.07. The molecule has 0 aliphatic carbocycles. The summed E-state index contributed by atoms with van der Waals surface area (Å²) >= 11 is 0. The monoisotopic (exact) mass is 238 g/mol. The van der Waals surface area contributed by atoms with Crippen LogP contribution in [0.2, 0.25) is 0 Å². The quantitative estimate of drug-likeness (QED) is 0.704. The van der Waals surface area contributed by atoms with Crippen LogP contribution < -0.4 is 0 Å². The summed E-state index contributed by atoms with van der Waals surface area (Å²) in [6, 6.07) is 10.0. The predicted octanol–water partition coefficient (Wildman–Crippen LogP) is 2.44. The van der Waals surface area contributed by atoms with Gasteiger partial charge in [0.15, 0.2) is 0 Å². The lowest BCUT2D eigenvalue weighted by atomic mass is 10.3. The van der Waals surface area contributed by atoms with Gasteiger partial charge in [-0.3, -0.25) is 0 Å². The Hall–Kier alpha value is -2.23. The van der Waals surface area contributed by atoms with Crippen molar-refractivity contribution in [3.63, 3.8) is 0 Å². The minimum Gasteiger partial charge on any atom is -0.320 e. The molecule has 0 unspecified atom stereocenters. The summed E-state index contributed by atoms with van der Waals surface area (Å²) < 4.78 is 2.19. The molecule has 0 saturated heterocycles. The van der Waals surface area contributed by atoms with E-state index < -0.39 is 0 Å². The van der Waals surface area contributed by atoms with Gasteiger partial charge in [-0.05, 0) is 18.2 Å². The zero-order valence-electron chi connectivity index (χ0n) is 10.2. The second-order valence-electron chi connectivity index (χ2n) is 4.12. The van der Waals surface area contributed by atoms with Gasteiger partial charge in [0.25, 0.3) is 0 Å². The minimum atomic E-state index is 0.671. The number of fused-ring (bicyclic) bond motifs is 1. The molecule has 0 aliphatic rings. The Morgan fingerprint density at radius 1 is 1.06 bits per heavy atom. The maximum Gasteiger partial charge on any atom is 0.147 e. The smallest absolute Gasteiger partial charge is 0.147 e. The summed E-state index contributed by atoms with van der Waals surface area (Å²) in [5, 5.41) is 0. The van der Waals surface area contributed by atoms with Crippen molar-refractivity contribution in [2.75, 3.05) is 0 Å². The first kappa shape index (κ1) is 10.9. The molecule has 0 spiro atoms. The number of rotatable bonds is 3. The highest BCUT2D eigenvalue weighted by Crippen LogP contribution is 2.17. The molecule has 90 valence electrons. The van der Waals surface area contributed by atoms with Crippen LogP contribution in [0.4, 0.5) is 0 Å². The molecule has 0 fully saturated rings. The fourth-order valence-corrected chi connectivity index (χ4v) is 2.12. The van der Waals surface area contributed by atoms with Crippen LogP contribution in [0.5, 0.6) is 0 Å². The molecule has 2 heterocycles. The molecule has 4 heteroatoms. The minimum absolute atomic E-state index is 0.671. The maximum absolute atomic E-state index is 4.63. The van der Waals surface area contributed by atoms with Crippen LogP contribution in [-0.2, 0) is 13.0 Å². The molecule has 3 aromatic rings. The van der Waals surface area contributed by atoms with Crippen molar-refractivity contribution in [1.29, 1.82) is 0 Å². The molecule has 0 bridgehead atoms. The molecule has 0 aliphatic heterocycles. The van der Waals surface area contributed by atoms with Crippen LogP contribution in [0.15, 0.2) is 42.7 Å². The third-order valence-electron chi connectivity index (χ3n) is 2.97. The van der Waals surface area contributed by atoms with Gasteiger partial charge in [0, 0.05) is 18.8 Å². The molecule has 1 aromatic carbocycles. The third kappa shape index (κ3) is 1.86. The fourth-order valence-electron chi connectivity index (χ4n) is 2.12. The summed E-state index contributed by atoms with van der Waals surface area (Å²) in [5.74, 6) is 1.89. The molecule has 0 atom stereocenters. The number of benzene rings is 1. The topological polar surface area (TPSA) is 43.6 Å². The second-order valence-corrected chi connectivity index (χ2v) is 4.12. The normalized spacial score (nSPS) is 10.9. The Kier molecular flexibility index (Phi) is 2.76. The van der Waals surface area contributed by atoms with E-state index in [-0.39, 0.29) is 0 Å². The van der Waals surface area contributed by atoms with Crippen molar-refractivity contribution in [1.82, 2.24) is 19.5 Å². The van der Waals surface area contributed by atoms with E-state index in [2.05, 4.69) is 32.5 Å². The van der Waals surface area contributed by atoms with E-state index in [1.54, 1.807) is 12.4 Å². The van der Waals surface area contributed by atoms with Crippen molar-refractivity contribution in [3.8, 4) is 0 Å². The molecule has 0 amide bonds. The van der Waals surface area contributed by atoms with Gasteiger partial charge in [-0.1, -0.05) is 19.1 Å². The highest BCUT2D eigenvalue weighted by Gasteiger charge is 2.09. The van der Waals surface area contributed by atoms with Crippen molar-refractivity contribution >= 4 is 11.0 Å². The van der Waals surface area contributed by atoms with E-state index in [4.69, 9.17) is 0 Å². The highest BCUT2D eigenvalue weighted by atomic mass is 15.1. The number of aromatic nitrogens is 4. The van der Waals surface area contributed by atoms with Gasteiger partial charge in [-0.15, -0.1) is 0 Å². The molecule has 18 heavy (non-hydrogen) atoms. The van der Waals surface area contributed by atoms with Crippen molar-refractivity contribution in [3.05, 3.63) is 54.4 Å². The Balaban J connectivity index is 2.10. The van der Waals surface area contributed by atoms with Crippen LogP contribution >= 0.6 is 0 Å². The first-order valence-corrected chi connectivity index (χ1v) is 6.08. The summed E-state index contributed by atoms with van der Waals surface area (Å²) in [6.45, 7) is 2.79. The molecule has 3 rings (SSSR count). The van der Waals surface area contributed by atoms with E-state index >= 15 is 0 Å². The van der Waals surface area contributed by atoms with Crippen molar-refractivity contribution < 1.29 is 0 Å². The summed E-state index contributed by atoms with van der Waals surface area (Å²) in [5.41, 5.74) is 2.17. The molecule has 4 nitrogen and oxygen atoms in total. The Labute approximate surface area is 105 Å². The van der Waals surface area contributed by atoms with Crippen molar-refractivity contribution in [2.45, 2.75) is 19.9 Å². The average Bonchev–Trinajstić information content (AvgIpc) is 2.78. The second kappa shape index (κ2) is 4.56. The number of nitrogens with zero attached hydrogens (tertiary/aromatic N) is 4. The van der Waals surface area contributed by atoms with Gasteiger partial charge in [0.2, 0.25) is 0 Å². The third-order valence-corrected chi connectivity index (χ3v) is 2.97. The molecule has 0 radical (unpaired) electrons. The molecule has 0 saturated carbocycles. The molecule has 2 aromatic heterocycles. The van der Waals surface area contributed by atoms with Crippen LogP contribution in [0.3, 0.4) is 0 Å². The van der Waals surface area contributed by atoms with Gasteiger partial charge in [-0.25, -0.2) is 15.0 Å². The van der Waals surface area contributed by atoms with E-state index in [1.807, 2.05) is 24.3 Å². The van der Waals surface area contributed by atoms with E-state index in [9.17, 15) is 0 Å². The zero-order chi connectivity index (χ0) is 12.4. The number of hydrogen-bond acceptors (Lipinski definition) is 3. The highest BCUT2D eigenvalue weighted by molar-refractivity contribution is 5.75. The van der Waals surface area contributed by atoms with E-state index in [0.717, 1.165) is 29.1 Å². The van der Waals surface area contributed by atoms with Crippen LogP contribution in [0.1, 0.15) is 18.6 Å². The summed E-state index contributed by atoms with van der Waals surface area (Å²) in [6.07, 6.45) is 4.45. The standard InChI is InChI=1S/C14H14N4/c1-2-14-17-11-6-3-4-7-12(11)18(14)10-13-15-8-5-9-16-13/h3-9H,2,10H2,1H3. The fraction of sp³-hybridized carbons (Fsp3) is 0.214. The summed E-state index contributed by atoms with van der Waals surface area (Å²) in [4.78, 5) is 13.2. The van der Waals surface area contributed by atoms with E-state index in [0.29, 0.717) is 6.54 Å². The average molecular weight is 238 g/mol. The lowest BCUT2D eigenvalue weighted by molar-refractivity contribution is 0.714. The molecule has 0 N–H and O–H groups in total. The van der Waals surface area contributed by atoms with Gasteiger partial charge in [0.05, 0.1) is 17.6 Å². The zero-order valence-corrected chi connectivity index (χ0v) is 10.2. The number of aryl methyl sites for hydroxylation is 1. The first-order chi connectivity index (χ1) is 8.88. The van der Waals surface area contributed by atoms with Crippen LogP contribution in [0, 0.1) is 0 Å². The first-order valence-electron chi connectivity index (χ1n) is 6.08. The number of imidazole rings is 1. The van der Waals surface area contributed by atoms with Crippen LogP contribution in [0.25, 0.3) is 11.0 Å². The maximum atomic E-state index is 4.63. The Morgan fingerprint density at radius 2 is 1.83 bits per heavy atom. The van der Waals surface area contributed by atoms with Gasteiger partial charge in [-0.2, -0.15) is 0 Å². The molecular weight excluding hydrogens is 224 g/mol. The number of para-hydroxylation sites is 2. The number of hydrogen-bond donors (Lipinski definition) is 0. The predicted molar refractivity (Wildman–Crippen MR) is 70.2 cm³/mol. The van der Waals surface area contributed by atoms with Gasteiger partial charge in [0.1, 0.15) is 11.6 Å².